The third kappa shape index (κ3) is 4.21. The SMILES string of the molecule is Cl.N[C@@H]1CN(C(=O)CCC2Cc3ccccc3NC2=O)C[C@H]1c1ccccc1. The van der Waals surface area contributed by atoms with Crippen LogP contribution in [0.4, 0.5) is 5.69 Å². The molecule has 2 aromatic carbocycles. The van der Waals surface area contributed by atoms with Gasteiger partial charge in [-0.25, -0.2) is 0 Å². The first-order valence-electron chi connectivity index (χ1n) is 9.59. The van der Waals surface area contributed by atoms with Crippen LogP contribution in [0, 0.1) is 5.92 Å². The van der Waals surface area contributed by atoms with Gasteiger partial charge in [-0.1, -0.05) is 48.5 Å². The Bertz CT molecular complexity index is 843. The number of rotatable bonds is 4. The van der Waals surface area contributed by atoms with Crippen LogP contribution in [0.3, 0.4) is 0 Å². The Labute approximate surface area is 171 Å². The lowest BCUT2D eigenvalue weighted by Gasteiger charge is -2.25. The number of hydrogen-bond donors (Lipinski definition) is 2. The van der Waals surface area contributed by atoms with Crippen molar-refractivity contribution in [2.45, 2.75) is 31.2 Å². The van der Waals surface area contributed by atoms with Gasteiger partial charge in [0, 0.05) is 43.1 Å². The third-order valence-corrected chi connectivity index (χ3v) is 5.76. The molecule has 2 aliphatic rings. The highest BCUT2D eigenvalue weighted by Gasteiger charge is 2.34. The van der Waals surface area contributed by atoms with Crippen molar-refractivity contribution in [2.75, 3.05) is 18.4 Å². The molecule has 2 amide bonds. The average molecular weight is 400 g/mol. The van der Waals surface area contributed by atoms with Crippen LogP contribution in [0.1, 0.15) is 29.9 Å². The zero-order chi connectivity index (χ0) is 18.8. The molecule has 148 valence electrons. The number of carbonyl (C=O) groups is 2. The fourth-order valence-electron chi connectivity index (χ4n) is 4.19. The second-order valence-electron chi connectivity index (χ2n) is 7.57. The lowest BCUT2D eigenvalue weighted by molar-refractivity contribution is -0.130. The van der Waals surface area contributed by atoms with E-state index in [9.17, 15) is 9.59 Å². The summed E-state index contributed by atoms with van der Waals surface area (Å²) in [6, 6.07) is 18.0. The van der Waals surface area contributed by atoms with E-state index in [1.54, 1.807) is 0 Å². The van der Waals surface area contributed by atoms with E-state index < -0.39 is 0 Å². The van der Waals surface area contributed by atoms with E-state index in [4.69, 9.17) is 5.73 Å². The first kappa shape index (κ1) is 20.4. The number of anilines is 1. The molecule has 2 heterocycles. The molecule has 0 aromatic heterocycles. The fraction of sp³-hybridized carbons (Fsp3) is 0.364. The molecule has 0 spiro atoms. The topological polar surface area (TPSA) is 75.4 Å². The monoisotopic (exact) mass is 399 g/mol. The summed E-state index contributed by atoms with van der Waals surface area (Å²) < 4.78 is 0. The molecular formula is C22H26ClN3O2. The molecular weight excluding hydrogens is 374 g/mol. The fourth-order valence-corrected chi connectivity index (χ4v) is 4.19. The van der Waals surface area contributed by atoms with Crippen LogP contribution in [0.25, 0.3) is 0 Å². The van der Waals surface area contributed by atoms with Gasteiger partial charge in [-0.3, -0.25) is 9.59 Å². The molecule has 2 aliphatic heterocycles. The summed E-state index contributed by atoms with van der Waals surface area (Å²) in [4.78, 5) is 26.9. The van der Waals surface area contributed by atoms with Gasteiger partial charge in [-0.05, 0) is 30.0 Å². The number of carbonyl (C=O) groups excluding carboxylic acids is 2. The van der Waals surface area contributed by atoms with Gasteiger partial charge in [0.1, 0.15) is 0 Å². The first-order valence-corrected chi connectivity index (χ1v) is 9.59. The summed E-state index contributed by atoms with van der Waals surface area (Å²) in [5, 5.41) is 2.96. The number of fused-ring (bicyclic) bond motifs is 1. The number of amides is 2. The Morgan fingerprint density at radius 1 is 1.07 bits per heavy atom. The van der Waals surface area contributed by atoms with Gasteiger partial charge < -0.3 is 16.0 Å². The largest absolute Gasteiger partial charge is 0.340 e. The molecule has 3 atom stereocenters. The van der Waals surface area contributed by atoms with Crippen molar-refractivity contribution in [2.24, 2.45) is 11.7 Å². The van der Waals surface area contributed by atoms with Crippen LogP contribution in [0.5, 0.6) is 0 Å². The second-order valence-corrected chi connectivity index (χ2v) is 7.57. The molecule has 28 heavy (non-hydrogen) atoms. The number of nitrogens with one attached hydrogen (secondary N) is 1. The zero-order valence-electron chi connectivity index (χ0n) is 15.7. The summed E-state index contributed by atoms with van der Waals surface area (Å²) in [6.45, 7) is 1.24. The number of nitrogens with two attached hydrogens (primary N) is 1. The summed E-state index contributed by atoms with van der Waals surface area (Å²) in [5.41, 5.74) is 9.51. The molecule has 1 fully saturated rings. The highest BCUT2D eigenvalue weighted by molar-refractivity contribution is 5.96. The van der Waals surface area contributed by atoms with Gasteiger partial charge >= 0.3 is 0 Å². The van der Waals surface area contributed by atoms with Crippen molar-refractivity contribution >= 4 is 29.9 Å². The molecule has 0 aliphatic carbocycles. The van der Waals surface area contributed by atoms with E-state index >= 15 is 0 Å². The number of halogens is 1. The maximum absolute atomic E-state index is 12.7. The van der Waals surface area contributed by atoms with Crippen LogP contribution in [0.2, 0.25) is 0 Å². The molecule has 3 N–H and O–H groups in total. The summed E-state index contributed by atoms with van der Waals surface area (Å²) in [5.74, 6) is 0.141. The minimum Gasteiger partial charge on any atom is -0.340 e. The minimum atomic E-state index is -0.148. The standard InChI is InChI=1S/C22H25N3O2.ClH/c23-19-14-25(13-18(19)15-6-2-1-3-7-15)21(26)11-10-17-12-16-8-4-5-9-20(16)24-22(17)27;/h1-9,17-19H,10-14,23H2,(H,24,27);1H/t17?,18-,19+;/m0./s1. The van der Waals surface area contributed by atoms with Crippen molar-refractivity contribution in [1.29, 1.82) is 0 Å². The van der Waals surface area contributed by atoms with E-state index in [1.165, 1.54) is 5.56 Å². The van der Waals surface area contributed by atoms with Gasteiger partial charge in [0.25, 0.3) is 0 Å². The van der Waals surface area contributed by atoms with Crippen molar-refractivity contribution in [3.8, 4) is 0 Å². The Morgan fingerprint density at radius 2 is 1.79 bits per heavy atom. The lowest BCUT2D eigenvalue weighted by Crippen LogP contribution is -2.34. The van der Waals surface area contributed by atoms with E-state index in [0.717, 1.165) is 11.3 Å². The predicted molar refractivity (Wildman–Crippen MR) is 112 cm³/mol. The molecule has 4 rings (SSSR count). The van der Waals surface area contributed by atoms with E-state index in [1.807, 2.05) is 47.4 Å². The predicted octanol–water partition coefficient (Wildman–Crippen LogP) is 2.95. The number of likely N-dealkylation sites (tertiary alicyclic amines) is 1. The third-order valence-electron chi connectivity index (χ3n) is 5.76. The summed E-state index contributed by atoms with van der Waals surface area (Å²) >= 11 is 0. The quantitative estimate of drug-likeness (QED) is 0.829. The average Bonchev–Trinajstić information content (AvgIpc) is 3.08. The van der Waals surface area contributed by atoms with E-state index in [-0.39, 0.29) is 42.1 Å². The van der Waals surface area contributed by atoms with Crippen LogP contribution < -0.4 is 11.1 Å². The van der Waals surface area contributed by atoms with Crippen LogP contribution >= 0.6 is 12.4 Å². The highest BCUT2D eigenvalue weighted by atomic mass is 35.5. The van der Waals surface area contributed by atoms with Gasteiger partial charge in [0.2, 0.25) is 11.8 Å². The summed E-state index contributed by atoms with van der Waals surface area (Å²) in [6.07, 6.45) is 1.65. The van der Waals surface area contributed by atoms with Crippen LogP contribution in [0.15, 0.2) is 54.6 Å². The Morgan fingerprint density at radius 3 is 2.57 bits per heavy atom. The van der Waals surface area contributed by atoms with Gasteiger partial charge in [0.05, 0.1) is 0 Å². The molecule has 1 unspecified atom stereocenters. The van der Waals surface area contributed by atoms with Crippen molar-refractivity contribution in [1.82, 2.24) is 4.90 Å². The molecule has 2 aromatic rings. The lowest BCUT2D eigenvalue weighted by atomic mass is 9.89. The molecule has 0 radical (unpaired) electrons. The maximum atomic E-state index is 12.7. The highest BCUT2D eigenvalue weighted by Crippen LogP contribution is 2.29. The summed E-state index contributed by atoms with van der Waals surface area (Å²) in [7, 11) is 0. The Balaban J connectivity index is 0.00000225. The molecule has 0 saturated carbocycles. The van der Waals surface area contributed by atoms with Crippen molar-refractivity contribution < 1.29 is 9.59 Å². The Kier molecular flexibility index (Phi) is 6.37. The number of para-hydroxylation sites is 1. The van der Waals surface area contributed by atoms with Crippen LogP contribution in [-0.2, 0) is 16.0 Å². The van der Waals surface area contributed by atoms with E-state index in [0.29, 0.717) is 32.4 Å². The second kappa shape index (κ2) is 8.76. The van der Waals surface area contributed by atoms with Crippen molar-refractivity contribution in [3.63, 3.8) is 0 Å². The molecule has 1 saturated heterocycles. The van der Waals surface area contributed by atoms with Gasteiger partial charge in [-0.15, -0.1) is 12.4 Å². The van der Waals surface area contributed by atoms with Crippen molar-refractivity contribution in [3.05, 3.63) is 65.7 Å². The molecule has 6 heteroatoms. The van der Waals surface area contributed by atoms with Gasteiger partial charge in [-0.2, -0.15) is 0 Å². The van der Waals surface area contributed by atoms with Gasteiger partial charge in [0.15, 0.2) is 0 Å². The van der Waals surface area contributed by atoms with Crippen LogP contribution in [-0.4, -0.2) is 35.8 Å². The zero-order valence-corrected chi connectivity index (χ0v) is 16.5. The first-order chi connectivity index (χ1) is 13.1. The molecule has 5 nitrogen and oxygen atoms in total. The number of hydrogen-bond acceptors (Lipinski definition) is 3. The normalized spacial score (nSPS) is 23.5. The minimum absolute atomic E-state index is 0. The maximum Gasteiger partial charge on any atom is 0.227 e. The molecule has 0 bridgehead atoms. The number of benzene rings is 2. The Hall–Kier alpha value is -2.37. The van der Waals surface area contributed by atoms with E-state index in [2.05, 4.69) is 17.4 Å². The number of nitrogens with zero attached hydrogens (tertiary/aromatic N) is 1. The smallest absolute Gasteiger partial charge is 0.227 e.